The second-order valence-electron chi connectivity index (χ2n) is 8.36. The maximum Gasteiger partial charge on any atom is -0.172 e. The fourth-order valence-corrected chi connectivity index (χ4v) is 3.31. The second-order valence-corrected chi connectivity index (χ2v) is 8.36. The van der Waals surface area contributed by atoms with Gasteiger partial charge in [0.05, 0.1) is 56.9 Å². The van der Waals surface area contributed by atoms with Crippen molar-refractivity contribution in [3.8, 4) is 0 Å². The van der Waals surface area contributed by atoms with E-state index in [1.54, 1.807) is 0 Å². The van der Waals surface area contributed by atoms with Crippen LogP contribution in [0, 0.1) is 12.2 Å². The first-order valence-corrected chi connectivity index (χ1v) is 19.4. The van der Waals surface area contributed by atoms with Crippen molar-refractivity contribution in [2.75, 3.05) is 56.9 Å². The number of carbonyl (C=O) groups excluding carboxylic acids is 8. The molecule has 16 nitrogen and oxygen atoms in total. The Hall–Kier alpha value is -5.20. The number of hydrogen-bond donors (Lipinski definition) is 0. The summed E-state index contributed by atoms with van der Waals surface area (Å²) >= 11 is 3.92. The molecule has 0 aliphatic rings. The van der Waals surface area contributed by atoms with Crippen LogP contribution in [0.15, 0.2) is 94.1 Å². The monoisotopic (exact) mass is 894 g/mol. The van der Waals surface area contributed by atoms with Crippen molar-refractivity contribution in [3.63, 3.8) is 0 Å². The molecule has 0 saturated carbocycles. The predicted molar refractivity (Wildman–Crippen MR) is 168 cm³/mol. The van der Waals surface area contributed by atoms with Crippen molar-refractivity contribution < 1.29 is 109 Å². The van der Waals surface area contributed by atoms with Crippen LogP contribution in [0.25, 0.3) is 0 Å². The first kappa shape index (κ1) is 48.9. The van der Waals surface area contributed by atoms with Crippen LogP contribution in [-0.2, 0) is 109 Å². The third-order valence-corrected chi connectivity index (χ3v) is 5.52. The Kier molecular flexibility index (Phi) is 26.8. The van der Waals surface area contributed by atoms with Gasteiger partial charge in [0.25, 0.3) is 23.9 Å². The molecule has 0 radical (unpaired) electrons. The molecule has 18 heteroatoms. The van der Waals surface area contributed by atoms with Crippen LogP contribution in [0.3, 0.4) is 0 Å². The average molecular weight is 891 g/mol. The maximum atomic E-state index is 13.1. The first-order chi connectivity index (χ1) is 24.8. The molecule has 286 valence electrons. The molecular weight excluding hydrogens is 856 g/mol. The Labute approximate surface area is 318 Å². The van der Waals surface area contributed by atoms with E-state index in [9.17, 15) is 38.4 Å². The molecule has 0 saturated heterocycles. The van der Waals surface area contributed by atoms with Crippen molar-refractivity contribution in [1.29, 1.82) is 0 Å². The SMILES string of the molecule is COC(=O)[C-]=C(C(=O)OC)C(C(=O)OC)=C(C(=O)OC)C(C(=O)OC)=C(C(=O)OC)C(=[C-]C(=O)OC)C(=O)OC.[Mo]=[Mo].[cH-]1[cH-][cH-][cH-][cH-]1.c1cc[cH-]c1. The van der Waals surface area contributed by atoms with E-state index >= 15 is 0 Å². The fourth-order valence-electron chi connectivity index (χ4n) is 3.31. The fraction of sp³-hybridized carbons (Fsp3) is 0.235. The molecular formula is C34H34Mo2O16-8. The van der Waals surface area contributed by atoms with Crippen LogP contribution in [0.1, 0.15) is 0 Å². The summed E-state index contributed by atoms with van der Waals surface area (Å²) in [6.45, 7) is 0. The summed E-state index contributed by atoms with van der Waals surface area (Å²) in [6.07, 6.45) is 3.65. The van der Waals surface area contributed by atoms with Gasteiger partial charge in [-0.1, -0.05) is 23.3 Å². The molecule has 0 spiro atoms. The molecule has 0 heterocycles. The molecule has 0 unspecified atom stereocenters. The van der Waals surface area contributed by atoms with Gasteiger partial charge in [-0.15, -0.1) is 0 Å². The van der Waals surface area contributed by atoms with Crippen molar-refractivity contribution in [1.82, 2.24) is 0 Å². The zero-order valence-electron chi connectivity index (χ0n) is 29.1. The van der Waals surface area contributed by atoms with Gasteiger partial charge in [-0.3, -0.25) is 19.2 Å². The Balaban J connectivity index is 0. The minimum atomic E-state index is -1.64. The van der Waals surface area contributed by atoms with E-state index in [0.717, 1.165) is 56.9 Å². The molecule has 2 aromatic carbocycles. The third-order valence-electron chi connectivity index (χ3n) is 5.52. The van der Waals surface area contributed by atoms with E-state index in [1.807, 2.05) is 105 Å². The van der Waals surface area contributed by atoms with Gasteiger partial charge in [-0.2, -0.15) is 18.2 Å². The summed E-state index contributed by atoms with van der Waals surface area (Å²) in [5.41, 5.74) is -7.45. The van der Waals surface area contributed by atoms with E-state index in [0.29, 0.717) is 0 Å². The minimum absolute atomic E-state index is 0.757. The third kappa shape index (κ3) is 16.2. The Morgan fingerprint density at radius 1 is 0.404 bits per heavy atom. The van der Waals surface area contributed by atoms with Gasteiger partial charge >= 0.3 is 44.4 Å². The quantitative estimate of drug-likeness (QED) is 0.0776. The van der Waals surface area contributed by atoms with E-state index in [1.165, 1.54) is 0 Å². The maximum absolute atomic E-state index is 13.1. The zero-order chi connectivity index (χ0) is 40.2. The number of methoxy groups -OCH3 is 8. The van der Waals surface area contributed by atoms with Gasteiger partial charge in [0.15, 0.2) is 0 Å². The van der Waals surface area contributed by atoms with Crippen molar-refractivity contribution in [2.45, 2.75) is 0 Å². The topological polar surface area (TPSA) is 210 Å². The van der Waals surface area contributed by atoms with Gasteiger partial charge in [-0.05, 0) is 11.1 Å². The first-order valence-electron chi connectivity index (χ1n) is 13.8. The molecule has 2 aromatic rings. The predicted octanol–water partition coefficient (Wildman–Crippen LogP) is 1.23. The number of carbonyl (C=O) groups is 8. The van der Waals surface area contributed by atoms with Gasteiger partial charge in [0.2, 0.25) is 11.9 Å². The molecule has 0 bridgehead atoms. The number of rotatable bonds is 11. The zero-order valence-corrected chi connectivity index (χ0v) is 33.1. The molecule has 0 fully saturated rings. The summed E-state index contributed by atoms with van der Waals surface area (Å²) in [4.78, 5) is 101. The van der Waals surface area contributed by atoms with Crippen LogP contribution in [0.5, 0.6) is 0 Å². The molecule has 0 aliphatic heterocycles. The van der Waals surface area contributed by atoms with Crippen molar-refractivity contribution >= 4 is 47.8 Å². The molecule has 0 atom stereocenters. The molecule has 0 aromatic heterocycles. The van der Waals surface area contributed by atoms with Crippen LogP contribution in [-0.4, -0.2) is 105 Å². The van der Waals surface area contributed by atoms with E-state index < -0.39 is 81.2 Å². The Bertz CT molecular complexity index is 1470. The number of esters is 8. The molecule has 2 rings (SSSR count). The summed E-state index contributed by atoms with van der Waals surface area (Å²) in [5, 5.41) is 0. The average Bonchev–Trinajstić information content (AvgIpc) is 3.97. The number of hydrogen-bond acceptors (Lipinski definition) is 16. The van der Waals surface area contributed by atoms with Crippen LogP contribution in [0.2, 0.25) is 0 Å². The van der Waals surface area contributed by atoms with Crippen molar-refractivity contribution in [2.24, 2.45) is 0 Å². The van der Waals surface area contributed by atoms with Crippen LogP contribution in [0.4, 0.5) is 0 Å². The van der Waals surface area contributed by atoms with Gasteiger partial charge < -0.3 is 77.8 Å². The van der Waals surface area contributed by atoms with E-state index in [2.05, 4.69) is 37.9 Å². The largest absolute Gasteiger partial charge is 0.748 e. The Morgan fingerprint density at radius 3 is 0.846 bits per heavy atom. The Morgan fingerprint density at radius 2 is 0.654 bits per heavy atom. The smallest absolute Gasteiger partial charge is 0.172 e. The summed E-state index contributed by atoms with van der Waals surface area (Å²) in [5.74, 6) is -12.2. The minimum Gasteiger partial charge on any atom is -0.748 e. The van der Waals surface area contributed by atoms with Gasteiger partial charge in [0.1, 0.15) is 0 Å². The normalized spacial score (nSPS) is 11.2. The summed E-state index contributed by atoms with van der Waals surface area (Å²) < 4.78 is 36.4. The summed E-state index contributed by atoms with van der Waals surface area (Å²) in [6, 6.07) is 20.0. The van der Waals surface area contributed by atoms with Crippen LogP contribution >= 0.6 is 0 Å². The van der Waals surface area contributed by atoms with Crippen molar-refractivity contribution in [3.05, 3.63) is 106 Å². The van der Waals surface area contributed by atoms with E-state index in [-0.39, 0.29) is 0 Å². The van der Waals surface area contributed by atoms with Gasteiger partial charge in [-0.25, -0.2) is 21.7 Å². The van der Waals surface area contributed by atoms with Crippen LogP contribution < -0.4 is 0 Å². The molecule has 52 heavy (non-hydrogen) atoms. The summed E-state index contributed by atoms with van der Waals surface area (Å²) in [7, 11) is 6.44. The standard InChI is InChI=1S/C24H24O16.2C5H5.2Mo/c1-33-13(25)9-11(19(27)35-3)15(21(29)37-5)17(23(31)39-7)18(24(32)40-8)16(22(30)38-6)12(20(28)36-4)10-14(26)34-2;2*1-2-4-5-3-1;;/h1-8H3;2*1-5H;;/q-2;-5;-1;;. The second kappa shape index (κ2) is 28.5. The molecule has 0 aliphatic carbocycles. The number of ether oxygens (including phenoxy) is 8. The van der Waals surface area contributed by atoms with E-state index in [4.69, 9.17) is 0 Å². The molecule has 0 amide bonds. The molecule has 0 N–H and O–H groups in total. The van der Waals surface area contributed by atoms with Gasteiger partial charge in [0, 0.05) is 11.1 Å².